The van der Waals surface area contributed by atoms with Gasteiger partial charge >= 0.3 is 0 Å². The van der Waals surface area contributed by atoms with Gasteiger partial charge in [-0.05, 0) is 37.1 Å². The Balaban J connectivity index is 2.14. The van der Waals surface area contributed by atoms with E-state index in [4.69, 9.17) is 16.3 Å². The molecular formula is C13H18ClNO3S. The van der Waals surface area contributed by atoms with Crippen molar-refractivity contribution in [2.75, 3.05) is 7.11 Å². The van der Waals surface area contributed by atoms with E-state index in [1.54, 1.807) is 19.2 Å². The van der Waals surface area contributed by atoms with Crippen LogP contribution in [-0.2, 0) is 14.8 Å². The first-order valence-electron chi connectivity index (χ1n) is 6.33. The Kier molecular flexibility index (Phi) is 4.84. The zero-order valence-corrected chi connectivity index (χ0v) is 12.4. The van der Waals surface area contributed by atoms with Gasteiger partial charge in [-0.2, -0.15) is 0 Å². The lowest BCUT2D eigenvalue weighted by Crippen LogP contribution is -2.45. The Morgan fingerprint density at radius 2 is 1.84 bits per heavy atom. The van der Waals surface area contributed by atoms with Crippen LogP contribution in [0.25, 0.3) is 0 Å². The van der Waals surface area contributed by atoms with E-state index in [1.165, 1.54) is 12.1 Å². The van der Waals surface area contributed by atoms with Crippen molar-refractivity contribution in [1.29, 1.82) is 0 Å². The first-order chi connectivity index (χ1) is 9.03. The van der Waals surface area contributed by atoms with Crippen LogP contribution in [0, 0.1) is 0 Å². The summed E-state index contributed by atoms with van der Waals surface area (Å²) in [5, 5.41) is 0.520. The molecule has 1 saturated carbocycles. The second kappa shape index (κ2) is 6.22. The van der Waals surface area contributed by atoms with E-state index < -0.39 is 10.0 Å². The standard InChI is InChI=1S/C13H18ClNO3S/c1-18-13-5-3-2-4-12(13)15-19(16,17)11-8-6-10(14)7-9-11/h6-9,12-13,15H,2-5H2,1H3/t12-,13-/m0/s1. The maximum Gasteiger partial charge on any atom is 0.240 e. The molecule has 1 N–H and O–H groups in total. The molecule has 1 aromatic rings. The van der Waals surface area contributed by atoms with E-state index in [9.17, 15) is 8.42 Å². The Bertz CT molecular complexity index is 515. The molecule has 4 nitrogen and oxygen atoms in total. The third-order valence-corrected chi connectivity index (χ3v) is 5.19. The summed E-state index contributed by atoms with van der Waals surface area (Å²) in [6.07, 6.45) is 3.76. The minimum absolute atomic E-state index is 0.0455. The highest BCUT2D eigenvalue weighted by Crippen LogP contribution is 2.23. The van der Waals surface area contributed by atoms with Crippen LogP contribution in [0.2, 0.25) is 5.02 Å². The number of rotatable bonds is 4. The molecule has 6 heteroatoms. The highest BCUT2D eigenvalue weighted by atomic mass is 35.5. The zero-order chi connectivity index (χ0) is 13.9. The molecule has 0 saturated heterocycles. The molecule has 0 unspecified atom stereocenters. The third kappa shape index (κ3) is 3.69. The molecule has 0 spiro atoms. The van der Waals surface area contributed by atoms with Gasteiger partial charge in [-0.15, -0.1) is 0 Å². The Hall–Kier alpha value is -0.620. The van der Waals surface area contributed by atoms with E-state index in [0.29, 0.717) is 5.02 Å². The van der Waals surface area contributed by atoms with Gasteiger partial charge in [0.15, 0.2) is 0 Å². The number of methoxy groups -OCH3 is 1. The van der Waals surface area contributed by atoms with Crippen molar-refractivity contribution >= 4 is 21.6 Å². The molecule has 0 bridgehead atoms. The Morgan fingerprint density at radius 3 is 2.47 bits per heavy atom. The van der Waals surface area contributed by atoms with Crippen molar-refractivity contribution in [3.05, 3.63) is 29.3 Å². The predicted molar refractivity (Wildman–Crippen MR) is 74.8 cm³/mol. The number of sulfonamides is 1. The lowest BCUT2D eigenvalue weighted by molar-refractivity contribution is 0.0493. The molecule has 0 heterocycles. The van der Waals surface area contributed by atoms with Crippen LogP contribution in [0.15, 0.2) is 29.2 Å². The molecule has 106 valence electrons. The van der Waals surface area contributed by atoms with E-state index in [0.717, 1.165) is 25.7 Å². The Morgan fingerprint density at radius 1 is 1.21 bits per heavy atom. The van der Waals surface area contributed by atoms with Crippen LogP contribution >= 0.6 is 11.6 Å². The quantitative estimate of drug-likeness (QED) is 0.930. The molecule has 1 aromatic carbocycles. The van der Waals surface area contributed by atoms with Gasteiger partial charge in [0.05, 0.1) is 11.0 Å². The number of halogens is 1. The maximum absolute atomic E-state index is 12.3. The molecule has 2 atom stereocenters. The third-order valence-electron chi connectivity index (χ3n) is 3.44. The molecular weight excluding hydrogens is 286 g/mol. The average Bonchev–Trinajstić information content (AvgIpc) is 2.39. The molecule has 0 aromatic heterocycles. The summed E-state index contributed by atoms with van der Waals surface area (Å²) in [5.74, 6) is 0. The van der Waals surface area contributed by atoms with Crippen LogP contribution in [0.3, 0.4) is 0 Å². The summed E-state index contributed by atoms with van der Waals surface area (Å²) < 4.78 is 32.6. The first-order valence-corrected chi connectivity index (χ1v) is 8.20. The van der Waals surface area contributed by atoms with Gasteiger partial charge in [-0.1, -0.05) is 24.4 Å². The summed E-state index contributed by atoms with van der Waals surface area (Å²) in [6, 6.07) is 6.01. The van der Waals surface area contributed by atoms with Gasteiger partial charge in [-0.25, -0.2) is 13.1 Å². The smallest absolute Gasteiger partial charge is 0.240 e. The summed E-state index contributed by atoms with van der Waals surface area (Å²) in [6.45, 7) is 0. The molecule has 1 aliphatic carbocycles. The second-order valence-electron chi connectivity index (χ2n) is 4.74. The fourth-order valence-electron chi connectivity index (χ4n) is 2.39. The molecule has 1 aliphatic rings. The van der Waals surface area contributed by atoms with Crippen molar-refractivity contribution < 1.29 is 13.2 Å². The number of hydrogen-bond acceptors (Lipinski definition) is 3. The molecule has 1 fully saturated rings. The van der Waals surface area contributed by atoms with Crippen LogP contribution in [0.5, 0.6) is 0 Å². The van der Waals surface area contributed by atoms with Gasteiger partial charge in [0.25, 0.3) is 0 Å². The number of hydrogen-bond donors (Lipinski definition) is 1. The lowest BCUT2D eigenvalue weighted by Gasteiger charge is -2.30. The average molecular weight is 304 g/mol. The van der Waals surface area contributed by atoms with E-state index in [-0.39, 0.29) is 17.0 Å². The maximum atomic E-state index is 12.3. The molecule has 19 heavy (non-hydrogen) atoms. The highest BCUT2D eigenvalue weighted by molar-refractivity contribution is 7.89. The normalized spacial score (nSPS) is 24.3. The van der Waals surface area contributed by atoms with Crippen molar-refractivity contribution in [2.24, 2.45) is 0 Å². The van der Waals surface area contributed by atoms with Gasteiger partial charge in [-0.3, -0.25) is 0 Å². The SMILES string of the molecule is CO[C@H]1CCCC[C@@H]1NS(=O)(=O)c1ccc(Cl)cc1. The number of benzene rings is 1. The topological polar surface area (TPSA) is 55.4 Å². The Labute approximate surface area is 119 Å². The van der Waals surface area contributed by atoms with Crippen LogP contribution in [0.1, 0.15) is 25.7 Å². The van der Waals surface area contributed by atoms with Crippen LogP contribution in [0.4, 0.5) is 0 Å². The predicted octanol–water partition coefficient (Wildman–Crippen LogP) is 2.58. The number of nitrogens with one attached hydrogen (secondary N) is 1. The van der Waals surface area contributed by atoms with Crippen molar-refractivity contribution in [2.45, 2.75) is 42.7 Å². The van der Waals surface area contributed by atoms with E-state index in [2.05, 4.69) is 4.72 Å². The monoisotopic (exact) mass is 303 g/mol. The van der Waals surface area contributed by atoms with Crippen LogP contribution < -0.4 is 4.72 Å². The largest absolute Gasteiger partial charge is 0.380 e. The van der Waals surface area contributed by atoms with E-state index >= 15 is 0 Å². The van der Waals surface area contributed by atoms with Gasteiger partial charge in [0.1, 0.15) is 0 Å². The number of ether oxygens (including phenoxy) is 1. The lowest BCUT2D eigenvalue weighted by atomic mass is 9.93. The minimum atomic E-state index is -3.51. The minimum Gasteiger partial charge on any atom is -0.380 e. The molecule has 0 aliphatic heterocycles. The van der Waals surface area contributed by atoms with Crippen molar-refractivity contribution in [3.63, 3.8) is 0 Å². The molecule has 2 rings (SSSR count). The zero-order valence-electron chi connectivity index (χ0n) is 10.8. The fraction of sp³-hybridized carbons (Fsp3) is 0.538. The van der Waals surface area contributed by atoms with Gasteiger partial charge < -0.3 is 4.74 Å². The van der Waals surface area contributed by atoms with E-state index in [1.807, 2.05) is 0 Å². The van der Waals surface area contributed by atoms with Gasteiger partial charge in [0, 0.05) is 18.2 Å². The highest BCUT2D eigenvalue weighted by Gasteiger charge is 2.29. The van der Waals surface area contributed by atoms with Gasteiger partial charge in [0.2, 0.25) is 10.0 Å². The second-order valence-corrected chi connectivity index (χ2v) is 6.89. The summed E-state index contributed by atoms with van der Waals surface area (Å²) in [4.78, 5) is 0.234. The molecule has 0 amide bonds. The fourth-order valence-corrected chi connectivity index (χ4v) is 3.82. The summed E-state index contributed by atoms with van der Waals surface area (Å²) in [5.41, 5.74) is 0. The first kappa shape index (κ1) is 14.8. The summed E-state index contributed by atoms with van der Waals surface area (Å²) >= 11 is 5.76. The van der Waals surface area contributed by atoms with Crippen molar-refractivity contribution in [1.82, 2.24) is 4.72 Å². The molecule has 0 radical (unpaired) electrons. The summed E-state index contributed by atoms with van der Waals surface area (Å²) in [7, 11) is -1.88. The van der Waals surface area contributed by atoms with Crippen LogP contribution in [-0.4, -0.2) is 27.7 Å². The van der Waals surface area contributed by atoms with Crippen molar-refractivity contribution in [3.8, 4) is 0 Å².